The smallest absolute Gasteiger partial charge is 0.279 e. The molecule has 0 radical (unpaired) electrons. The fourth-order valence-electron chi connectivity index (χ4n) is 0.122. The fourth-order valence-corrected chi connectivity index (χ4v) is 0.365. The van der Waals surface area contributed by atoms with Crippen LogP contribution in [0.2, 0.25) is 0 Å². The molecule has 0 fully saturated rings. The zero-order chi connectivity index (χ0) is 6.78. The molecule has 0 heterocycles. The molecule has 0 aliphatic carbocycles. The highest BCUT2D eigenvalue weighted by Gasteiger charge is 2.15. The van der Waals surface area contributed by atoms with Gasteiger partial charge >= 0.3 is 0 Å². The molecule has 0 aliphatic heterocycles. The van der Waals surface area contributed by atoms with Crippen LogP contribution in [0.5, 0.6) is 0 Å². The van der Waals surface area contributed by atoms with Crippen LogP contribution in [0.1, 0.15) is 0 Å². The molecule has 0 aromatic carbocycles. The number of hydrogen-bond donors (Lipinski definition) is 2. The van der Waals surface area contributed by atoms with Crippen molar-refractivity contribution in [3.8, 4) is 0 Å². The Kier molecular flexibility index (Phi) is 2.89. The summed E-state index contributed by atoms with van der Waals surface area (Å²) < 4.78 is 27.1. The van der Waals surface area contributed by atoms with Crippen LogP contribution in [-0.4, -0.2) is 23.7 Å². The van der Waals surface area contributed by atoms with Crippen LogP contribution in [0.3, 0.4) is 0 Å². The van der Waals surface area contributed by atoms with Crippen LogP contribution in [-0.2, 0) is 10.1 Å². The van der Waals surface area contributed by atoms with Gasteiger partial charge in [-0.05, 0) is 0 Å². The van der Waals surface area contributed by atoms with Gasteiger partial charge in [-0.25, -0.2) is 0 Å². The summed E-state index contributed by atoms with van der Waals surface area (Å²) in [5.41, 5.74) is 4.87. The summed E-state index contributed by atoms with van der Waals surface area (Å²) in [5.74, 6) is 0. The average molecular weight is 204 g/mol. The molecular weight excluding hydrogens is 198 g/mol. The van der Waals surface area contributed by atoms with Gasteiger partial charge in [-0.3, -0.25) is 4.55 Å². The first-order valence-electron chi connectivity index (χ1n) is 1.79. The summed E-state index contributed by atoms with van der Waals surface area (Å²) in [7, 11) is -3.96. The van der Waals surface area contributed by atoms with Crippen LogP contribution >= 0.6 is 15.9 Å². The molecule has 6 heteroatoms. The molecule has 0 rings (SSSR count). The second-order valence-corrected chi connectivity index (χ2v) is 4.47. The Morgan fingerprint density at radius 1 is 1.75 bits per heavy atom. The second kappa shape index (κ2) is 2.77. The number of nitrogens with two attached hydrogens (primary N) is 1. The third-order valence-electron chi connectivity index (χ3n) is 0.509. The number of halogens is 1. The summed E-state index contributed by atoms with van der Waals surface area (Å²) in [6.45, 7) is -0.126. The minimum atomic E-state index is -3.96. The first-order valence-corrected chi connectivity index (χ1v) is 4.21. The highest BCUT2D eigenvalue weighted by atomic mass is 79.9. The molecule has 0 saturated heterocycles. The normalized spacial score (nSPS) is 15.9. The van der Waals surface area contributed by atoms with Gasteiger partial charge in [0, 0.05) is 6.54 Å². The molecule has 8 heavy (non-hydrogen) atoms. The van der Waals surface area contributed by atoms with Gasteiger partial charge in [0.25, 0.3) is 10.1 Å². The summed E-state index contributed by atoms with van der Waals surface area (Å²) in [6, 6.07) is 0. The van der Waals surface area contributed by atoms with Crippen LogP contribution in [0, 0.1) is 0 Å². The van der Waals surface area contributed by atoms with Crippen molar-refractivity contribution in [1.29, 1.82) is 0 Å². The van der Waals surface area contributed by atoms with E-state index in [9.17, 15) is 8.42 Å². The van der Waals surface area contributed by atoms with Crippen molar-refractivity contribution < 1.29 is 13.0 Å². The molecule has 4 nitrogen and oxygen atoms in total. The lowest BCUT2D eigenvalue weighted by Crippen LogP contribution is -2.22. The third kappa shape index (κ3) is 2.61. The molecule has 0 saturated carbocycles. The zero-order valence-electron chi connectivity index (χ0n) is 3.91. The van der Waals surface area contributed by atoms with E-state index in [1.807, 2.05) is 0 Å². The van der Waals surface area contributed by atoms with Crippen molar-refractivity contribution in [2.75, 3.05) is 6.54 Å². The van der Waals surface area contributed by atoms with Gasteiger partial charge < -0.3 is 5.73 Å². The lowest BCUT2D eigenvalue weighted by Gasteiger charge is -1.98. The minimum absolute atomic E-state index is 0.126. The van der Waals surface area contributed by atoms with Crippen LogP contribution in [0.4, 0.5) is 0 Å². The molecule has 0 aliphatic rings. The maximum absolute atomic E-state index is 9.99. The summed E-state index contributed by atoms with van der Waals surface area (Å²) in [4.78, 5) is 0. The molecule has 0 aromatic rings. The standard InChI is InChI=1S/C2H6BrNO3S/c3-2(1-4)8(5,6)7/h2H,1,4H2,(H,5,6,7). The number of hydrogen-bond acceptors (Lipinski definition) is 3. The van der Waals surface area contributed by atoms with E-state index in [0.717, 1.165) is 0 Å². The maximum Gasteiger partial charge on any atom is 0.279 e. The van der Waals surface area contributed by atoms with Crippen molar-refractivity contribution in [3.05, 3.63) is 0 Å². The van der Waals surface area contributed by atoms with E-state index in [4.69, 9.17) is 10.3 Å². The van der Waals surface area contributed by atoms with Gasteiger partial charge in [0.2, 0.25) is 0 Å². The SMILES string of the molecule is NCC(Br)S(=O)(=O)O. The Bertz CT molecular complexity index is 153. The van der Waals surface area contributed by atoms with Gasteiger partial charge in [-0.2, -0.15) is 8.42 Å². The maximum atomic E-state index is 9.99. The monoisotopic (exact) mass is 203 g/mol. The van der Waals surface area contributed by atoms with Crippen LogP contribution < -0.4 is 5.73 Å². The van der Waals surface area contributed by atoms with Gasteiger partial charge in [-0.1, -0.05) is 15.9 Å². The van der Waals surface area contributed by atoms with Crippen molar-refractivity contribution >= 4 is 26.0 Å². The third-order valence-corrected chi connectivity index (χ3v) is 3.14. The Hall–Kier alpha value is 0.350. The molecule has 3 N–H and O–H groups in total. The number of alkyl halides is 1. The van der Waals surface area contributed by atoms with Gasteiger partial charge in [-0.15, -0.1) is 0 Å². The van der Waals surface area contributed by atoms with E-state index >= 15 is 0 Å². The predicted molar refractivity (Wildman–Crippen MR) is 33.3 cm³/mol. The lowest BCUT2D eigenvalue weighted by atomic mass is 10.8. The van der Waals surface area contributed by atoms with E-state index in [-0.39, 0.29) is 6.54 Å². The predicted octanol–water partition coefficient (Wildman–Crippen LogP) is -0.446. The zero-order valence-corrected chi connectivity index (χ0v) is 6.31. The van der Waals surface area contributed by atoms with Gasteiger partial charge in [0.1, 0.15) is 0 Å². The first-order chi connectivity index (χ1) is 3.48. The van der Waals surface area contributed by atoms with Crippen molar-refractivity contribution in [3.63, 3.8) is 0 Å². The Morgan fingerprint density at radius 3 is 2.12 bits per heavy atom. The Morgan fingerprint density at radius 2 is 2.12 bits per heavy atom. The molecule has 1 atom stereocenters. The summed E-state index contributed by atoms with van der Waals surface area (Å²) in [5, 5.41) is 0. The van der Waals surface area contributed by atoms with Crippen molar-refractivity contribution in [1.82, 2.24) is 0 Å². The lowest BCUT2D eigenvalue weighted by molar-refractivity contribution is 0.481. The largest absolute Gasteiger partial charge is 0.328 e. The average Bonchev–Trinajstić information content (AvgIpc) is 1.62. The van der Waals surface area contributed by atoms with Crippen LogP contribution in [0.15, 0.2) is 0 Å². The van der Waals surface area contributed by atoms with Crippen molar-refractivity contribution in [2.24, 2.45) is 5.73 Å². The molecule has 50 valence electrons. The molecule has 0 amide bonds. The van der Waals surface area contributed by atoms with Crippen LogP contribution in [0.25, 0.3) is 0 Å². The molecule has 0 aromatic heterocycles. The molecule has 0 spiro atoms. The quantitative estimate of drug-likeness (QED) is 0.471. The van der Waals surface area contributed by atoms with E-state index in [1.165, 1.54) is 0 Å². The van der Waals surface area contributed by atoms with E-state index in [0.29, 0.717) is 0 Å². The van der Waals surface area contributed by atoms with Gasteiger partial charge in [0.05, 0.1) is 0 Å². The Labute approximate surface area is 55.9 Å². The molecule has 1 unspecified atom stereocenters. The van der Waals surface area contributed by atoms with E-state index in [2.05, 4.69) is 15.9 Å². The number of rotatable bonds is 2. The highest BCUT2D eigenvalue weighted by Crippen LogP contribution is 2.03. The minimum Gasteiger partial charge on any atom is -0.328 e. The van der Waals surface area contributed by atoms with Gasteiger partial charge in [0.15, 0.2) is 4.16 Å². The Balaban J connectivity index is 4.04. The van der Waals surface area contributed by atoms with E-state index in [1.54, 1.807) is 0 Å². The van der Waals surface area contributed by atoms with Crippen molar-refractivity contribution in [2.45, 2.75) is 4.16 Å². The molecular formula is C2H6BrNO3S. The molecule has 0 bridgehead atoms. The first kappa shape index (κ1) is 8.35. The van der Waals surface area contributed by atoms with E-state index < -0.39 is 14.3 Å². The highest BCUT2D eigenvalue weighted by molar-refractivity contribution is 9.11. The summed E-state index contributed by atoms with van der Waals surface area (Å²) >= 11 is 2.63. The summed E-state index contributed by atoms with van der Waals surface area (Å²) in [6.07, 6.45) is 0. The second-order valence-electron chi connectivity index (χ2n) is 1.16. The topological polar surface area (TPSA) is 80.4 Å². The fraction of sp³-hybridized carbons (Fsp3) is 1.00.